The van der Waals surface area contributed by atoms with Crippen molar-refractivity contribution in [3.8, 4) is 11.5 Å². The van der Waals surface area contributed by atoms with Gasteiger partial charge in [0, 0.05) is 35.6 Å². The van der Waals surface area contributed by atoms with Crippen LogP contribution in [0.2, 0.25) is 0 Å². The number of hydrogen-bond donors (Lipinski definition) is 2. The molecule has 1 aliphatic rings. The van der Waals surface area contributed by atoms with Crippen LogP contribution in [-0.2, 0) is 14.3 Å². The second-order valence-corrected chi connectivity index (χ2v) is 9.05. The Morgan fingerprint density at radius 1 is 1.10 bits per heavy atom. The molecule has 3 N–H and O–H groups in total. The van der Waals surface area contributed by atoms with E-state index < -0.39 is 5.91 Å². The third kappa shape index (κ3) is 9.77. The third-order valence-electron chi connectivity index (χ3n) is 6.07. The van der Waals surface area contributed by atoms with E-state index in [9.17, 15) is 14.4 Å². The van der Waals surface area contributed by atoms with Gasteiger partial charge in [0.05, 0.1) is 38.6 Å². The number of carbonyl (C=O) groups excluding carboxylic acids is 3. The smallest absolute Gasteiger partial charge is 0.311 e. The van der Waals surface area contributed by atoms with Crippen LogP contribution in [0.1, 0.15) is 29.3 Å². The van der Waals surface area contributed by atoms with Crippen molar-refractivity contribution < 1.29 is 28.6 Å². The zero-order chi connectivity index (χ0) is 30.4. The molecule has 0 bridgehead atoms. The summed E-state index contributed by atoms with van der Waals surface area (Å²) in [6.45, 7) is 7.38. The molecule has 218 valence electrons. The van der Waals surface area contributed by atoms with Gasteiger partial charge in [-0.2, -0.15) is 0 Å². The van der Waals surface area contributed by atoms with Crippen molar-refractivity contribution in [3.63, 3.8) is 0 Å². The Hall–Kier alpha value is -4.70. The van der Waals surface area contributed by atoms with Crippen LogP contribution in [0.4, 0.5) is 5.69 Å². The van der Waals surface area contributed by atoms with Crippen LogP contribution < -0.4 is 20.5 Å². The maximum absolute atomic E-state index is 12.5. The van der Waals surface area contributed by atoms with Crippen molar-refractivity contribution in [2.75, 3.05) is 46.8 Å². The van der Waals surface area contributed by atoms with Gasteiger partial charge in [-0.25, -0.2) is 0 Å². The van der Waals surface area contributed by atoms with Crippen molar-refractivity contribution in [3.05, 3.63) is 84.1 Å². The molecule has 10 nitrogen and oxygen atoms in total. The van der Waals surface area contributed by atoms with Crippen LogP contribution in [0.15, 0.2) is 78.0 Å². The van der Waals surface area contributed by atoms with Crippen molar-refractivity contribution >= 4 is 35.3 Å². The van der Waals surface area contributed by atoms with Gasteiger partial charge in [-0.3, -0.25) is 19.4 Å². The largest absolute Gasteiger partial charge is 0.493 e. The van der Waals surface area contributed by atoms with Gasteiger partial charge in [-0.1, -0.05) is 19.6 Å². The van der Waals surface area contributed by atoms with Gasteiger partial charge in [0.15, 0.2) is 11.5 Å². The van der Waals surface area contributed by atoms with Crippen LogP contribution in [0, 0.1) is 5.92 Å². The van der Waals surface area contributed by atoms with E-state index >= 15 is 0 Å². The van der Waals surface area contributed by atoms with Crippen molar-refractivity contribution in [2.24, 2.45) is 16.6 Å². The molecule has 1 heterocycles. The van der Waals surface area contributed by atoms with E-state index in [-0.39, 0.29) is 17.6 Å². The number of anilines is 1. The molecule has 3 rings (SSSR count). The number of methoxy groups -OCH3 is 3. The van der Waals surface area contributed by atoms with Crippen LogP contribution in [-0.4, -0.2) is 70.2 Å². The quantitative estimate of drug-likeness (QED) is 0.138. The van der Waals surface area contributed by atoms with E-state index in [1.807, 2.05) is 26.1 Å². The molecule has 0 atom stereocenters. The number of benzene rings is 2. The molecule has 0 spiro atoms. The summed E-state index contributed by atoms with van der Waals surface area (Å²) in [5, 5.41) is 2.70. The van der Waals surface area contributed by atoms with Gasteiger partial charge >= 0.3 is 5.97 Å². The molecule has 41 heavy (non-hydrogen) atoms. The number of hydrogen-bond acceptors (Lipinski definition) is 9. The van der Waals surface area contributed by atoms with Gasteiger partial charge in [0.25, 0.3) is 5.91 Å². The molecule has 0 radical (unpaired) electrons. The van der Waals surface area contributed by atoms with Gasteiger partial charge < -0.3 is 30.2 Å². The van der Waals surface area contributed by atoms with E-state index in [2.05, 4.69) is 26.5 Å². The number of ether oxygens (including phenoxy) is 3. The lowest BCUT2D eigenvalue weighted by Crippen LogP contribution is -2.48. The normalized spacial score (nSPS) is 14.1. The fourth-order valence-electron chi connectivity index (χ4n) is 3.78. The lowest BCUT2D eigenvalue weighted by atomic mass is 10.0. The number of amides is 1. The molecule has 0 saturated carbocycles. The molecular weight excluding hydrogens is 524 g/mol. The molecule has 1 amide bonds. The maximum Gasteiger partial charge on any atom is 0.311 e. The Kier molecular flexibility index (Phi) is 13.0. The zero-order valence-corrected chi connectivity index (χ0v) is 24.2. The molecular formula is C31H38N4O6. The molecule has 10 heteroatoms. The molecule has 2 aromatic carbocycles. The Morgan fingerprint density at radius 3 is 2.27 bits per heavy atom. The number of rotatable bonds is 11. The molecule has 2 aromatic rings. The lowest BCUT2D eigenvalue weighted by Gasteiger charge is -2.33. The van der Waals surface area contributed by atoms with Crippen LogP contribution >= 0.6 is 0 Å². The Morgan fingerprint density at radius 2 is 1.76 bits per heavy atom. The molecule has 0 aliphatic carbocycles. The summed E-state index contributed by atoms with van der Waals surface area (Å²) in [6, 6.07) is 11.9. The first-order chi connectivity index (χ1) is 19.7. The van der Waals surface area contributed by atoms with Gasteiger partial charge in [0.1, 0.15) is 6.29 Å². The highest BCUT2D eigenvalue weighted by molar-refractivity contribution is 6.09. The second-order valence-electron chi connectivity index (χ2n) is 9.05. The van der Waals surface area contributed by atoms with E-state index in [1.165, 1.54) is 13.2 Å². The number of aldehydes is 1. The van der Waals surface area contributed by atoms with E-state index in [1.54, 1.807) is 56.7 Å². The highest BCUT2D eigenvalue weighted by Gasteiger charge is 2.30. The number of likely N-dealkylation sites (tertiary alicyclic amines) is 1. The average Bonchev–Trinajstić information content (AvgIpc) is 2.98. The fraction of sp³-hybridized carbons (Fsp3) is 0.290. The highest BCUT2D eigenvalue weighted by Crippen LogP contribution is 2.31. The first kappa shape index (κ1) is 32.5. The van der Waals surface area contributed by atoms with E-state index in [4.69, 9.17) is 15.2 Å². The summed E-state index contributed by atoms with van der Waals surface area (Å²) in [7, 11) is 6.55. The predicted octanol–water partition coefficient (Wildman–Crippen LogP) is 4.10. The minimum atomic E-state index is -0.467. The molecule has 1 saturated heterocycles. The molecule has 0 aromatic heterocycles. The van der Waals surface area contributed by atoms with Gasteiger partial charge in [-0.15, -0.1) is 0 Å². The van der Waals surface area contributed by atoms with Gasteiger partial charge in [-0.05, 0) is 68.1 Å². The van der Waals surface area contributed by atoms with Gasteiger partial charge in [0.2, 0.25) is 0 Å². The highest BCUT2D eigenvalue weighted by atomic mass is 16.5. The number of nitrogens with one attached hydrogen (secondary N) is 1. The minimum absolute atomic E-state index is 0.00956. The monoisotopic (exact) mass is 562 g/mol. The summed E-state index contributed by atoms with van der Waals surface area (Å²) in [5.41, 5.74) is 9.10. The topological polar surface area (TPSA) is 133 Å². The summed E-state index contributed by atoms with van der Waals surface area (Å²) >= 11 is 0. The van der Waals surface area contributed by atoms with E-state index in [0.29, 0.717) is 40.6 Å². The molecule has 1 aliphatic heterocycles. The standard InChI is InChI=1S/C25H27N3O4.C6H11NO2/c1-5-7-22(18-10-13-23(31-3)24(14-18)32-4)27-19(6-2)15-21(26)25(30)28-20-11-8-17(16-29)9-12-20;1-7-3-5(4-7)6(8)9-2/h5,7-16H,1,6,26H2,2-4H3,(H,28,30);5H,3-4H2,1-2H3/b21-15-,22-7-,27-19-;. The Bertz CT molecular complexity index is 1310. The number of aliphatic imine (C=N–C) groups is 1. The van der Waals surface area contributed by atoms with Crippen LogP contribution in [0.25, 0.3) is 5.70 Å². The second kappa shape index (κ2) is 16.4. The van der Waals surface area contributed by atoms with E-state index in [0.717, 1.165) is 24.9 Å². The summed E-state index contributed by atoms with van der Waals surface area (Å²) < 4.78 is 15.2. The number of nitrogens with zero attached hydrogens (tertiary/aromatic N) is 2. The Labute approximate surface area is 241 Å². The minimum Gasteiger partial charge on any atom is -0.493 e. The van der Waals surface area contributed by atoms with Crippen molar-refractivity contribution in [1.29, 1.82) is 0 Å². The average molecular weight is 563 g/mol. The van der Waals surface area contributed by atoms with Crippen molar-refractivity contribution in [2.45, 2.75) is 13.3 Å². The summed E-state index contributed by atoms with van der Waals surface area (Å²) in [5.74, 6) is 0.776. The fourth-order valence-corrected chi connectivity index (χ4v) is 3.78. The van der Waals surface area contributed by atoms with Crippen LogP contribution in [0.5, 0.6) is 11.5 Å². The lowest BCUT2D eigenvalue weighted by molar-refractivity contribution is -0.150. The van der Waals surface area contributed by atoms with Crippen LogP contribution in [0.3, 0.4) is 0 Å². The Balaban J connectivity index is 0.000000553. The maximum atomic E-state index is 12.5. The summed E-state index contributed by atoms with van der Waals surface area (Å²) in [6.07, 6.45) is 6.20. The predicted molar refractivity (Wildman–Crippen MR) is 161 cm³/mol. The first-order valence-corrected chi connectivity index (χ1v) is 12.9. The third-order valence-corrected chi connectivity index (χ3v) is 6.07. The number of nitrogens with two attached hydrogens (primary N) is 1. The number of carbonyl (C=O) groups is 3. The first-order valence-electron chi connectivity index (χ1n) is 12.9. The molecule has 1 fully saturated rings. The molecule has 0 unspecified atom stereocenters. The zero-order valence-electron chi connectivity index (χ0n) is 24.2. The number of esters is 1. The number of allylic oxidation sites excluding steroid dienone is 3. The SMILES string of the molecule is C=C\C=C(/N=C(\C=C(/N)C(=O)Nc1ccc(C=O)cc1)CC)c1ccc(OC)c(OC)c1.COC(=O)C1CN(C)C1. The van der Waals surface area contributed by atoms with Crippen molar-refractivity contribution in [1.82, 2.24) is 4.90 Å². The summed E-state index contributed by atoms with van der Waals surface area (Å²) in [4.78, 5) is 40.7.